The van der Waals surface area contributed by atoms with E-state index in [-0.39, 0.29) is 0 Å². The molecule has 0 fully saturated rings. The van der Waals surface area contributed by atoms with Gasteiger partial charge in [0.05, 0.1) is 12.0 Å². The predicted molar refractivity (Wildman–Crippen MR) is 359 cm³/mol. The van der Waals surface area contributed by atoms with Crippen molar-refractivity contribution >= 4 is 24.0 Å². The number of allylic oxidation sites excluding steroid dienone is 4. The van der Waals surface area contributed by atoms with E-state index in [1.165, 1.54) is 33.4 Å². The molecular weight excluding hydrogens is 1060 g/mol. The van der Waals surface area contributed by atoms with Crippen molar-refractivity contribution in [3.05, 3.63) is 348 Å². The van der Waals surface area contributed by atoms with Gasteiger partial charge in [-0.15, -0.1) is 0 Å². The van der Waals surface area contributed by atoms with Crippen molar-refractivity contribution in [3.8, 4) is 89.8 Å². The van der Waals surface area contributed by atoms with E-state index in [1.54, 1.807) is 0 Å². The summed E-state index contributed by atoms with van der Waals surface area (Å²) < 4.78 is 0. The fraction of sp³-hybridized carbons (Fsp3) is 0.0370. The molecule has 0 saturated carbocycles. The molecule has 15 rings (SSSR count). The van der Waals surface area contributed by atoms with Gasteiger partial charge >= 0.3 is 0 Å². The van der Waals surface area contributed by atoms with Gasteiger partial charge in [0.1, 0.15) is 0 Å². The SMILES string of the molecule is C=N/C(=N\C(=N/CC1=CCC=C(c2ccccc2)C=C1)c1ccc2c(c1)C1(c3ccccc3-2)c2ccccc2-c2ccc(-c3nc(-c4ccc(-c5ccccc5)cc4)nc(-c4ccc(-c5ccccc5)cc4)n3)cc21)c1ccc(-c2ccccc2)cc1. The molecule has 6 heteroatoms. The third-order valence-corrected chi connectivity index (χ3v) is 17.1. The van der Waals surface area contributed by atoms with Gasteiger partial charge in [-0.3, -0.25) is 4.99 Å². The Bertz CT molecular complexity index is 4640. The van der Waals surface area contributed by atoms with Crippen LogP contribution in [0.5, 0.6) is 0 Å². The molecule has 0 amide bonds. The maximum Gasteiger partial charge on any atom is 0.164 e. The molecule has 6 nitrogen and oxygen atoms in total. The van der Waals surface area contributed by atoms with E-state index in [2.05, 4.69) is 297 Å². The number of aromatic nitrogens is 3. The van der Waals surface area contributed by atoms with Gasteiger partial charge in [0.15, 0.2) is 29.1 Å². The number of amidine groups is 2. The van der Waals surface area contributed by atoms with Gasteiger partial charge in [0.2, 0.25) is 0 Å². The van der Waals surface area contributed by atoms with Gasteiger partial charge in [-0.2, -0.15) is 0 Å². The van der Waals surface area contributed by atoms with Crippen LogP contribution in [0.15, 0.2) is 324 Å². The van der Waals surface area contributed by atoms with Gasteiger partial charge < -0.3 is 0 Å². The van der Waals surface area contributed by atoms with Gasteiger partial charge in [-0.25, -0.2) is 24.9 Å². The smallest absolute Gasteiger partial charge is 0.164 e. The minimum atomic E-state index is -0.739. The number of fused-ring (bicyclic) bond motifs is 10. The van der Waals surface area contributed by atoms with Crippen LogP contribution in [-0.4, -0.2) is 39.9 Å². The third-order valence-electron chi connectivity index (χ3n) is 17.1. The largest absolute Gasteiger partial charge is 0.261 e. The number of hydrogen-bond donors (Lipinski definition) is 0. The summed E-state index contributed by atoms with van der Waals surface area (Å²) in [7, 11) is 0. The van der Waals surface area contributed by atoms with Crippen LogP contribution >= 0.6 is 0 Å². The predicted octanol–water partition coefficient (Wildman–Crippen LogP) is 19.1. The van der Waals surface area contributed by atoms with Crippen LogP contribution in [0.1, 0.15) is 45.4 Å². The topological polar surface area (TPSA) is 75.8 Å². The summed E-state index contributed by atoms with van der Waals surface area (Å²) >= 11 is 0. The van der Waals surface area contributed by atoms with Crippen LogP contribution in [0.2, 0.25) is 0 Å². The molecule has 3 aliphatic rings. The van der Waals surface area contributed by atoms with Crippen molar-refractivity contribution in [1.82, 2.24) is 15.0 Å². The lowest BCUT2D eigenvalue weighted by molar-refractivity contribution is 0.793. The van der Waals surface area contributed by atoms with Gasteiger partial charge in [-0.05, 0) is 120 Å². The van der Waals surface area contributed by atoms with Crippen LogP contribution < -0.4 is 0 Å². The Kier molecular flexibility index (Phi) is 13.7. The molecule has 0 N–H and O–H groups in total. The van der Waals surface area contributed by atoms with Crippen molar-refractivity contribution in [2.24, 2.45) is 15.0 Å². The number of nitrogens with zero attached hydrogens (tertiary/aromatic N) is 6. The molecule has 0 aliphatic heterocycles. The molecule has 1 atom stereocenters. The molecule has 1 spiro atoms. The van der Waals surface area contributed by atoms with Crippen molar-refractivity contribution in [3.63, 3.8) is 0 Å². The first-order valence-corrected chi connectivity index (χ1v) is 29.5. The highest BCUT2D eigenvalue weighted by molar-refractivity contribution is 6.13. The molecule has 87 heavy (non-hydrogen) atoms. The molecule has 1 aromatic heterocycles. The summed E-state index contributed by atoms with van der Waals surface area (Å²) in [6, 6.07) is 98.5. The number of benzene rings is 11. The molecule has 0 bridgehead atoms. The highest BCUT2D eigenvalue weighted by atomic mass is 15.0. The van der Waals surface area contributed by atoms with E-state index in [9.17, 15) is 0 Å². The minimum Gasteiger partial charge on any atom is -0.261 e. The zero-order valence-corrected chi connectivity index (χ0v) is 47.7. The lowest BCUT2D eigenvalue weighted by atomic mass is 9.70. The standard InChI is InChI=1S/C81H56N6/c1-82-76(63-41-35-60(36-42-63)56-22-8-3-9-23-56)84-77(83-53-54-19-18-28-59(34-33-54)55-20-6-2-7-21-55)66-47-49-70-68-29-14-16-31-72(68)81(74(70)51-66)73-32-17-15-30-69(73)71-50-48-67(52-75(71)81)80-86-78(64-43-37-61(38-44-64)57-24-10-4-11-25-57)85-79(87-80)65-45-39-62(40-46-65)58-26-12-5-13-27-58/h2-17,19-52H,1,18,53H2/b83-77-,84-76-. The fourth-order valence-corrected chi connectivity index (χ4v) is 12.8. The zero-order chi connectivity index (χ0) is 58.1. The first kappa shape index (κ1) is 52.5. The number of hydrogen-bond acceptors (Lipinski definition) is 4. The Hall–Kier alpha value is -11.3. The highest BCUT2D eigenvalue weighted by Gasteiger charge is 2.52. The second kappa shape index (κ2) is 22.7. The van der Waals surface area contributed by atoms with Crippen LogP contribution in [0.25, 0.3) is 95.4 Å². The molecule has 1 unspecified atom stereocenters. The van der Waals surface area contributed by atoms with Crippen LogP contribution in [-0.2, 0) is 5.41 Å². The Morgan fingerprint density at radius 3 is 1.28 bits per heavy atom. The van der Waals surface area contributed by atoms with Gasteiger partial charge in [-0.1, -0.05) is 291 Å². The van der Waals surface area contributed by atoms with E-state index in [4.69, 9.17) is 24.9 Å². The summed E-state index contributed by atoms with van der Waals surface area (Å²) in [5.41, 5.74) is 23.3. The second-order valence-electron chi connectivity index (χ2n) is 22.1. The summed E-state index contributed by atoms with van der Waals surface area (Å²) in [6.45, 7) is 4.49. The average Bonchev–Trinajstić information content (AvgIpc) is 1.52. The molecule has 3 aliphatic carbocycles. The lowest BCUT2D eigenvalue weighted by Gasteiger charge is -2.31. The number of rotatable bonds is 11. The van der Waals surface area contributed by atoms with Crippen molar-refractivity contribution in [1.29, 1.82) is 0 Å². The molecule has 11 aromatic carbocycles. The van der Waals surface area contributed by atoms with E-state index in [0.29, 0.717) is 35.7 Å². The van der Waals surface area contributed by atoms with Gasteiger partial charge in [0, 0.05) is 27.8 Å². The van der Waals surface area contributed by atoms with Crippen molar-refractivity contribution in [2.75, 3.05) is 6.54 Å². The van der Waals surface area contributed by atoms with Crippen molar-refractivity contribution in [2.45, 2.75) is 11.8 Å². The number of aliphatic imine (C=N–C) groups is 3. The quantitative estimate of drug-likeness (QED) is 0.0956. The van der Waals surface area contributed by atoms with E-state index in [0.717, 1.165) is 95.4 Å². The van der Waals surface area contributed by atoms with Crippen molar-refractivity contribution < 1.29 is 0 Å². The maximum absolute atomic E-state index is 5.45. The summed E-state index contributed by atoms with van der Waals surface area (Å²) in [4.78, 5) is 31.4. The lowest BCUT2D eigenvalue weighted by Crippen LogP contribution is -2.26. The second-order valence-corrected chi connectivity index (χ2v) is 22.1. The maximum atomic E-state index is 5.45. The first-order valence-electron chi connectivity index (χ1n) is 29.5. The molecule has 1 heterocycles. The third kappa shape index (κ3) is 9.79. The van der Waals surface area contributed by atoms with Crippen LogP contribution in [0, 0.1) is 0 Å². The Morgan fingerprint density at radius 1 is 0.345 bits per heavy atom. The minimum absolute atomic E-state index is 0.407. The summed E-state index contributed by atoms with van der Waals surface area (Å²) in [5.74, 6) is 2.82. The van der Waals surface area contributed by atoms with E-state index >= 15 is 0 Å². The normalized spacial score (nSPS) is 14.8. The van der Waals surface area contributed by atoms with E-state index in [1.807, 2.05) is 18.2 Å². The molecule has 410 valence electrons. The summed E-state index contributed by atoms with van der Waals surface area (Å²) in [5, 5.41) is 0. The Labute approximate surface area is 507 Å². The molecule has 0 radical (unpaired) electrons. The Balaban J connectivity index is 0.879. The van der Waals surface area contributed by atoms with E-state index < -0.39 is 5.41 Å². The monoisotopic (exact) mass is 1110 g/mol. The summed E-state index contributed by atoms with van der Waals surface area (Å²) in [6.07, 6.45) is 9.69. The van der Waals surface area contributed by atoms with Gasteiger partial charge in [0.25, 0.3) is 0 Å². The zero-order valence-electron chi connectivity index (χ0n) is 47.7. The highest BCUT2D eigenvalue weighted by Crippen LogP contribution is 2.63. The molecule has 12 aromatic rings. The Morgan fingerprint density at radius 2 is 0.747 bits per heavy atom. The van der Waals surface area contributed by atoms with Crippen LogP contribution in [0.4, 0.5) is 0 Å². The fourth-order valence-electron chi connectivity index (χ4n) is 12.8. The average molecular weight is 1110 g/mol. The molecular formula is C81H56N6. The first-order chi connectivity index (χ1) is 43.0. The van der Waals surface area contributed by atoms with Crippen LogP contribution in [0.3, 0.4) is 0 Å². The molecule has 0 saturated heterocycles.